The van der Waals surface area contributed by atoms with E-state index >= 15 is 0 Å². The van der Waals surface area contributed by atoms with Crippen LogP contribution in [0, 0.1) is 25.2 Å². The molecule has 1 aliphatic rings. The fourth-order valence-corrected chi connectivity index (χ4v) is 2.54. The number of aryl methyl sites for hydroxylation is 2. The average molecular weight is 215 g/mol. The third-order valence-electron chi connectivity index (χ3n) is 3.70. The van der Waals surface area contributed by atoms with Crippen molar-refractivity contribution in [2.75, 3.05) is 6.61 Å². The summed E-state index contributed by atoms with van der Waals surface area (Å²) in [4.78, 5) is 0. The molecule has 2 nitrogen and oxygen atoms in total. The Hall–Kier alpha value is -1.33. The van der Waals surface area contributed by atoms with Crippen molar-refractivity contribution in [2.45, 2.75) is 38.5 Å². The van der Waals surface area contributed by atoms with Gasteiger partial charge in [-0.1, -0.05) is 12.1 Å². The van der Waals surface area contributed by atoms with Crippen molar-refractivity contribution in [3.8, 4) is 6.07 Å². The van der Waals surface area contributed by atoms with Gasteiger partial charge in [0, 0.05) is 6.61 Å². The van der Waals surface area contributed by atoms with Crippen LogP contribution in [0.5, 0.6) is 0 Å². The lowest BCUT2D eigenvalue weighted by molar-refractivity contribution is 0.266. The van der Waals surface area contributed by atoms with Crippen LogP contribution in [0.15, 0.2) is 12.1 Å². The van der Waals surface area contributed by atoms with Crippen LogP contribution in [-0.2, 0) is 11.8 Å². The Morgan fingerprint density at radius 3 is 2.69 bits per heavy atom. The smallest absolute Gasteiger partial charge is 0.0866 e. The normalized spacial score (nSPS) is 22.1. The minimum Gasteiger partial charge on any atom is -0.396 e. The predicted octanol–water partition coefficient (Wildman–Crippen LogP) is 2.39. The molecule has 0 bridgehead atoms. The van der Waals surface area contributed by atoms with Gasteiger partial charge < -0.3 is 5.11 Å². The number of aliphatic hydroxyl groups is 1. The monoisotopic (exact) mass is 215 g/mol. The van der Waals surface area contributed by atoms with Crippen molar-refractivity contribution in [2.24, 2.45) is 0 Å². The van der Waals surface area contributed by atoms with Crippen LogP contribution in [-0.4, -0.2) is 11.7 Å². The first-order valence-corrected chi connectivity index (χ1v) is 5.76. The number of benzene rings is 1. The molecule has 0 heterocycles. The van der Waals surface area contributed by atoms with Crippen molar-refractivity contribution in [3.05, 3.63) is 34.4 Å². The lowest BCUT2D eigenvalue weighted by Crippen LogP contribution is -2.38. The van der Waals surface area contributed by atoms with Crippen molar-refractivity contribution in [1.82, 2.24) is 0 Å². The molecule has 16 heavy (non-hydrogen) atoms. The van der Waals surface area contributed by atoms with Gasteiger partial charge in [0.1, 0.15) is 0 Å². The Kier molecular flexibility index (Phi) is 2.73. The Morgan fingerprint density at radius 1 is 1.38 bits per heavy atom. The molecule has 2 rings (SSSR count). The molecule has 1 N–H and O–H groups in total. The first kappa shape index (κ1) is 11.2. The summed E-state index contributed by atoms with van der Waals surface area (Å²) in [6.07, 6.45) is 2.33. The highest BCUT2D eigenvalue weighted by molar-refractivity contribution is 5.53. The molecular weight excluding hydrogens is 198 g/mol. The maximum absolute atomic E-state index is 9.34. The van der Waals surface area contributed by atoms with Gasteiger partial charge in [0.15, 0.2) is 0 Å². The summed E-state index contributed by atoms with van der Waals surface area (Å²) in [6, 6.07) is 6.78. The fraction of sp³-hybridized carbons (Fsp3) is 0.500. The summed E-state index contributed by atoms with van der Waals surface area (Å²) in [6.45, 7) is 4.36. The van der Waals surface area contributed by atoms with Gasteiger partial charge in [-0.25, -0.2) is 0 Å². The summed E-state index contributed by atoms with van der Waals surface area (Å²) in [5, 5.41) is 18.2. The topological polar surface area (TPSA) is 44.0 Å². The molecule has 0 aromatic heterocycles. The maximum Gasteiger partial charge on any atom is 0.0866 e. The zero-order valence-corrected chi connectivity index (χ0v) is 9.88. The number of fused-ring (bicyclic) bond motifs is 1. The molecule has 1 atom stereocenters. The minimum atomic E-state index is -0.323. The van der Waals surface area contributed by atoms with E-state index in [9.17, 15) is 5.26 Å². The molecule has 0 saturated heterocycles. The zero-order valence-electron chi connectivity index (χ0n) is 9.88. The number of nitrogens with zero attached hydrogens (tertiary/aromatic N) is 1. The van der Waals surface area contributed by atoms with Gasteiger partial charge in [-0.15, -0.1) is 0 Å². The molecule has 1 aliphatic carbocycles. The molecule has 0 saturated carbocycles. The van der Waals surface area contributed by atoms with Crippen LogP contribution < -0.4 is 0 Å². The van der Waals surface area contributed by atoms with Crippen molar-refractivity contribution < 1.29 is 5.11 Å². The summed E-state index contributed by atoms with van der Waals surface area (Å²) in [5.41, 5.74) is 4.72. The van der Waals surface area contributed by atoms with Crippen LogP contribution >= 0.6 is 0 Å². The summed E-state index contributed by atoms with van der Waals surface area (Å²) >= 11 is 0. The highest BCUT2D eigenvalue weighted by Crippen LogP contribution is 2.45. The van der Waals surface area contributed by atoms with Gasteiger partial charge in [0.25, 0.3) is 0 Å². The van der Waals surface area contributed by atoms with E-state index < -0.39 is 0 Å². The van der Waals surface area contributed by atoms with E-state index in [1.165, 1.54) is 22.3 Å². The lowest BCUT2D eigenvalue weighted by Gasteiger charge is -2.39. The second kappa shape index (κ2) is 3.92. The van der Waals surface area contributed by atoms with Crippen molar-refractivity contribution in [3.63, 3.8) is 0 Å². The van der Waals surface area contributed by atoms with Crippen molar-refractivity contribution >= 4 is 0 Å². The predicted molar refractivity (Wildman–Crippen MR) is 63.2 cm³/mol. The number of hydrogen-bond donors (Lipinski definition) is 1. The van der Waals surface area contributed by atoms with Crippen LogP contribution in [0.2, 0.25) is 0 Å². The average Bonchev–Trinajstić information content (AvgIpc) is 2.27. The Labute approximate surface area is 96.5 Å². The van der Waals surface area contributed by atoms with Gasteiger partial charge in [-0.3, -0.25) is 0 Å². The van der Waals surface area contributed by atoms with E-state index in [2.05, 4.69) is 32.0 Å². The highest BCUT2D eigenvalue weighted by atomic mass is 16.2. The summed E-state index contributed by atoms with van der Waals surface area (Å²) in [7, 11) is 0. The van der Waals surface area contributed by atoms with Crippen LogP contribution in [0.4, 0.5) is 0 Å². The standard InChI is InChI=1S/C14H17NO/c1-10-6-12-8-14(9-15,4-3-5-16)13(12)7-11(10)2/h6-7,16H,3-5,8H2,1-2H3. The van der Waals surface area contributed by atoms with Gasteiger partial charge in [0.05, 0.1) is 11.5 Å². The summed E-state index contributed by atoms with van der Waals surface area (Å²) < 4.78 is 0. The molecule has 0 radical (unpaired) electrons. The zero-order chi connectivity index (χ0) is 11.8. The van der Waals surface area contributed by atoms with Gasteiger partial charge in [-0.05, 0) is 55.4 Å². The van der Waals surface area contributed by atoms with E-state index in [1.807, 2.05) is 0 Å². The molecule has 0 aliphatic heterocycles. The van der Waals surface area contributed by atoms with E-state index in [1.54, 1.807) is 0 Å². The Bertz CT molecular complexity index is 459. The molecule has 0 spiro atoms. The van der Waals surface area contributed by atoms with E-state index in [0.717, 1.165) is 12.8 Å². The summed E-state index contributed by atoms with van der Waals surface area (Å²) in [5.74, 6) is 0. The molecule has 1 aromatic carbocycles. The van der Waals surface area contributed by atoms with Crippen molar-refractivity contribution in [1.29, 1.82) is 5.26 Å². The molecule has 0 fully saturated rings. The SMILES string of the molecule is Cc1cc2c(cc1C)C(C#N)(CCCO)C2. The highest BCUT2D eigenvalue weighted by Gasteiger charge is 2.42. The van der Waals surface area contributed by atoms with E-state index in [-0.39, 0.29) is 12.0 Å². The second-order valence-electron chi connectivity index (χ2n) is 4.79. The Morgan fingerprint density at radius 2 is 2.06 bits per heavy atom. The minimum absolute atomic E-state index is 0.170. The van der Waals surface area contributed by atoms with Gasteiger partial charge in [0.2, 0.25) is 0 Å². The number of aliphatic hydroxyl groups excluding tert-OH is 1. The van der Waals surface area contributed by atoms with Crippen LogP contribution in [0.25, 0.3) is 0 Å². The second-order valence-corrected chi connectivity index (χ2v) is 4.79. The van der Waals surface area contributed by atoms with E-state index in [0.29, 0.717) is 6.42 Å². The first-order chi connectivity index (χ1) is 7.63. The van der Waals surface area contributed by atoms with Gasteiger partial charge >= 0.3 is 0 Å². The Balaban J connectivity index is 2.34. The fourth-order valence-electron chi connectivity index (χ4n) is 2.54. The third-order valence-corrected chi connectivity index (χ3v) is 3.70. The largest absolute Gasteiger partial charge is 0.396 e. The van der Waals surface area contributed by atoms with Crippen LogP contribution in [0.1, 0.15) is 35.1 Å². The number of hydrogen-bond acceptors (Lipinski definition) is 2. The van der Waals surface area contributed by atoms with Gasteiger partial charge in [-0.2, -0.15) is 5.26 Å². The maximum atomic E-state index is 9.34. The molecule has 0 amide bonds. The number of rotatable bonds is 3. The first-order valence-electron chi connectivity index (χ1n) is 5.76. The van der Waals surface area contributed by atoms with Crippen LogP contribution in [0.3, 0.4) is 0 Å². The molecule has 1 unspecified atom stereocenters. The molecule has 2 heteroatoms. The molecule has 84 valence electrons. The third kappa shape index (κ3) is 1.52. The lowest BCUT2D eigenvalue weighted by atomic mass is 9.62. The molecule has 1 aromatic rings. The molecular formula is C14H17NO. The number of nitriles is 1. The quantitative estimate of drug-likeness (QED) is 0.841. The van der Waals surface area contributed by atoms with E-state index in [4.69, 9.17) is 5.11 Å².